The number of benzene rings is 3. The van der Waals surface area contributed by atoms with Gasteiger partial charge in [-0.25, -0.2) is 0 Å². The average molecular weight is 1090 g/mol. The number of hydrogen-bond donors (Lipinski definition) is 1. The number of hydrogen-bond acceptors (Lipinski definition) is 10. The highest BCUT2D eigenvalue weighted by molar-refractivity contribution is 6.99. The summed E-state index contributed by atoms with van der Waals surface area (Å²) < 4.78 is 40.9. The van der Waals surface area contributed by atoms with Crippen molar-refractivity contribution in [1.29, 1.82) is 0 Å². The SMILES string of the molecule is C[C@H](CC(=O)/C=C/CCCC(=O)CCC(=O)[C@@](C)(CC[C@H](O)CCOCc1ccccc1)O[Si](C)(C)C(C)(C)C)[C@@H](O[Si](C)(C)C(C)(C)C)[C@H]1OC(C)(C)O[C@H]1CO[Si](c1ccccc1)(c1ccccc1)C(C)(C)C. The Bertz CT molecular complexity index is 2220. The van der Waals surface area contributed by atoms with Gasteiger partial charge in [-0.2, -0.15) is 0 Å². The van der Waals surface area contributed by atoms with Gasteiger partial charge in [-0.3, -0.25) is 14.4 Å². The van der Waals surface area contributed by atoms with Crippen LogP contribution in [-0.4, -0.2) is 96.4 Å². The molecule has 1 saturated heterocycles. The second-order valence-corrected chi connectivity index (χ2v) is 39.8. The number of allylic oxidation sites excluding steroid dienone is 2. The van der Waals surface area contributed by atoms with Gasteiger partial charge in [0.05, 0.1) is 25.4 Å². The van der Waals surface area contributed by atoms with Crippen LogP contribution in [0.3, 0.4) is 0 Å². The van der Waals surface area contributed by atoms with E-state index in [0.717, 1.165) is 5.56 Å². The van der Waals surface area contributed by atoms with Crippen molar-refractivity contribution < 1.29 is 47.0 Å². The zero-order chi connectivity index (χ0) is 56.1. The van der Waals surface area contributed by atoms with Gasteiger partial charge >= 0.3 is 0 Å². The molecule has 75 heavy (non-hydrogen) atoms. The quantitative estimate of drug-likeness (QED) is 0.0392. The lowest BCUT2D eigenvalue weighted by molar-refractivity contribution is -0.158. The molecule has 0 saturated carbocycles. The minimum Gasteiger partial charge on any atom is -0.411 e. The lowest BCUT2D eigenvalue weighted by atomic mass is 9.89. The first kappa shape index (κ1) is 64.3. The molecule has 6 atom stereocenters. The molecule has 10 nitrogen and oxygen atoms in total. The molecule has 1 heterocycles. The molecule has 0 radical (unpaired) electrons. The Morgan fingerprint density at radius 1 is 0.720 bits per heavy atom. The minimum absolute atomic E-state index is 0.00257. The lowest BCUT2D eigenvalue weighted by Crippen LogP contribution is -2.67. The van der Waals surface area contributed by atoms with Crippen LogP contribution in [0.25, 0.3) is 0 Å². The number of unbranched alkanes of at least 4 members (excludes halogenated alkanes) is 1. The Hall–Kier alpha value is -3.22. The summed E-state index contributed by atoms with van der Waals surface area (Å²) in [5.74, 6) is -1.26. The van der Waals surface area contributed by atoms with E-state index < -0.39 is 60.8 Å². The fraction of sp³-hybridized carbons (Fsp3) is 0.629. The molecule has 1 N–H and O–H groups in total. The molecule has 0 aromatic heterocycles. The predicted molar refractivity (Wildman–Crippen MR) is 313 cm³/mol. The van der Waals surface area contributed by atoms with E-state index in [0.29, 0.717) is 51.7 Å². The maximum Gasteiger partial charge on any atom is 0.261 e. The van der Waals surface area contributed by atoms with E-state index >= 15 is 0 Å². The highest BCUT2D eigenvalue weighted by Crippen LogP contribution is 2.44. The molecule has 1 aliphatic rings. The molecule has 0 aliphatic carbocycles. The van der Waals surface area contributed by atoms with Crippen LogP contribution in [-0.2, 0) is 48.5 Å². The molecule has 0 bridgehead atoms. The Kier molecular flexibility index (Phi) is 23.2. The van der Waals surface area contributed by atoms with Crippen molar-refractivity contribution in [3.05, 3.63) is 109 Å². The van der Waals surface area contributed by atoms with Crippen molar-refractivity contribution in [2.45, 2.75) is 232 Å². The normalized spacial score (nSPS) is 18.9. The summed E-state index contributed by atoms with van der Waals surface area (Å²) in [4.78, 5) is 41.1. The van der Waals surface area contributed by atoms with Gasteiger partial charge in [0.1, 0.15) is 23.6 Å². The lowest BCUT2D eigenvalue weighted by Gasteiger charge is -2.45. The zero-order valence-corrected chi connectivity index (χ0v) is 52.3. The van der Waals surface area contributed by atoms with Crippen molar-refractivity contribution in [3.8, 4) is 0 Å². The van der Waals surface area contributed by atoms with E-state index in [4.69, 9.17) is 27.5 Å². The number of Topliss-reactive ketones (excluding diaryl/α,β-unsaturated/α-hetero) is 2. The largest absolute Gasteiger partial charge is 0.411 e. The Labute approximate surface area is 456 Å². The first-order valence-electron chi connectivity index (χ1n) is 27.8. The maximum atomic E-state index is 14.0. The zero-order valence-electron chi connectivity index (χ0n) is 49.3. The molecule has 13 heteroatoms. The number of carbonyl (C=O) groups is 3. The first-order valence-corrected chi connectivity index (χ1v) is 35.5. The Morgan fingerprint density at radius 2 is 1.27 bits per heavy atom. The van der Waals surface area contributed by atoms with Crippen molar-refractivity contribution >= 4 is 52.7 Å². The van der Waals surface area contributed by atoms with Gasteiger partial charge < -0.3 is 32.6 Å². The smallest absolute Gasteiger partial charge is 0.261 e. The minimum atomic E-state index is -2.92. The first-order chi connectivity index (χ1) is 34.7. The predicted octanol–water partition coefficient (Wildman–Crippen LogP) is 13.2. The van der Waals surface area contributed by atoms with Gasteiger partial charge in [0.15, 0.2) is 34.0 Å². The van der Waals surface area contributed by atoms with Crippen molar-refractivity contribution in [2.24, 2.45) is 5.92 Å². The maximum absolute atomic E-state index is 14.0. The molecule has 1 aliphatic heterocycles. The molecule has 0 spiro atoms. The van der Waals surface area contributed by atoms with Gasteiger partial charge in [-0.15, -0.1) is 0 Å². The summed E-state index contributed by atoms with van der Waals surface area (Å²) in [5, 5.41) is 12.8. The van der Waals surface area contributed by atoms with E-state index in [-0.39, 0.29) is 64.3 Å². The van der Waals surface area contributed by atoms with Crippen molar-refractivity contribution in [2.75, 3.05) is 13.2 Å². The van der Waals surface area contributed by atoms with Crippen LogP contribution < -0.4 is 10.4 Å². The molecule has 418 valence electrons. The molecular weight excluding hydrogens is 989 g/mol. The fourth-order valence-electron chi connectivity index (χ4n) is 9.57. The Morgan fingerprint density at radius 3 is 1.80 bits per heavy atom. The van der Waals surface area contributed by atoms with E-state index in [2.05, 4.69) is 144 Å². The van der Waals surface area contributed by atoms with Crippen molar-refractivity contribution in [1.82, 2.24) is 0 Å². The second-order valence-electron chi connectivity index (χ2n) is 26.0. The molecule has 0 unspecified atom stereocenters. The molecular formula is C62H98O10Si3. The number of ether oxygens (including phenoxy) is 3. The molecule has 0 amide bonds. The number of rotatable bonds is 30. The summed E-state index contributed by atoms with van der Waals surface area (Å²) >= 11 is 0. The van der Waals surface area contributed by atoms with Gasteiger partial charge in [-0.05, 0) is 122 Å². The summed E-state index contributed by atoms with van der Waals surface area (Å²) in [6.45, 7) is 37.6. The van der Waals surface area contributed by atoms with E-state index in [1.807, 2.05) is 69.3 Å². The number of ketones is 3. The summed E-state index contributed by atoms with van der Waals surface area (Å²) in [6, 6.07) is 31.1. The summed E-state index contributed by atoms with van der Waals surface area (Å²) in [6.07, 6.45) is 4.46. The molecule has 1 fully saturated rings. The topological polar surface area (TPSA) is 127 Å². The van der Waals surface area contributed by atoms with E-state index in [9.17, 15) is 19.5 Å². The standard InChI is InChI=1S/C62H98O10Si3/c1-47(56(71-73(14,15)58(2,3)4)57-54(69-61(11,12)70-57)46-68-75(60(8,9)10,52-34-26-20-27-35-52)53-36-28-21-29-37-53)44-51(65)33-25-19-24-32-49(63)38-39-55(66)62(13,72-74(16,17)59(5,6)7)42-40-50(64)41-43-67-45-48-30-22-18-23-31-48/h18,20-23,25-31,33-37,47,50,54,56-57,64H,19,24,32,38-46H2,1-17H3/b33-25+/t47-,50+,54+,56-,57+,62-/m1/s1. The number of aliphatic hydroxyl groups excluding tert-OH is 1. The van der Waals surface area contributed by atoms with Gasteiger partial charge in [0, 0.05) is 32.3 Å². The third kappa shape index (κ3) is 18.4. The summed E-state index contributed by atoms with van der Waals surface area (Å²) in [7, 11) is -7.72. The molecule has 3 aromatic rings. The van der Waals surface area contributed by atoms with Crippen LogP contribution in [0.1, 0.15) is 153 Å². The molecule has 3 aromatic carbocycles. The number of aliphatic hydroxyl groups is 1. The van der Waals surface area contributed by atoms with Gasteiger partial charge in [-0.1, -0.05) is 166 Å². The second kappa shape index (κ2) is 27.1. The van der Waals surface area contributed by atoms with Gasteiger partial charge in [0.25, 0.3) is 8.32 Å². The monoisotopic (exact) mass is 1090 g/mol. The van der Waals surface area contributed by atoms with Crippen LogP contribution in [0.4, 0.5) is 0 Å². The van der Waals surface area contributed by atoms with Crippen LogP contribution in [0.15, 0.2) is 103 Å². The average Bonchev–Trinajstić information content (AvgIpc) is 3.63. The number of carbonyl (C=O) groups excluding carboxylic acids is 3. The van der Waals surface area contributed by atoms with Gasteiger partial charge in [0.2, 0.25) is 0 Å². The van der Waals surface area contributed by atoms with Crippen molar-refractivity contribution in [3.63, 3.8) is 0 Å². The highest BCUT2D eigenvalue weighted by Gasteiger charge is 2.55. The van der Waals surface area contributed by atoms with Crippen LogP contribution >= 0.6 is 0 Å². The highest BCUT2D eigenvalue weighted by atomic mass is 28.4. The molecule has 4 rings (SSSR count). The third-order valence-corrected chi connectivity index (χ3v) is 30.1. The van der Waals surface area contributed by atoms with E-state index in [1.54, 1.807) is 6.08 Å². The van der Waals surface area contributed by atoms with E-state index in [1.165, 1.54) is 10.4 Å². The van der Waals surface area contributed by atoms with Crippen LogP contribution in [0, 0.1) is 5.92 Å². The fourth-order valence-corrected chi connectivity index (χ4v) is 17.2. The van der Waals surface area contributed by atoms with Crippen LogP contribution in [0.5, 0.6) is 0 Å². The van der Waals surface area contributed by atoms with Crippen LogP contribution in [0.2, 0.25) is 41.3 Å². The third-order valence-electron chi connectivity index (χ3n) is 16.0. The Balaban J connectivity index is 1.39. The summed E-state index contributed by atoms with van der Waals surface area (Å²) in [5.41, 5.74) is -0.0530.